The van der Waals surface area contributed by atoms with Gasteiger partial charge in [0.05, 0.1) is 18.6 Å². The van der Waals surface area contributed by atoms with Gasteiger partial charge in [0.15, 0.2) is 0 Å². The Balaban J connectivity index is 1.77. The van der Waals surface area contributed by atoms with E-state index in [-0.39, 0.29) is 18.2 Å². The standard InChI is InChI=1S/C20H23ClN2O3S/c1-26-11-10-22-19(25)18-15-4-2-3-5-16(15)27-20(18)23-17(24)12-13-6-8-14(21)9-7-13/h6-9H,2-5,10-12H2,1H3,(H,22,25)(H,23,24). The number of carbonyl (C=O) groups excluding carboxylic acids is 2. The summed E-state index contributed by atoms with van der Waals surface area (Å²) in [7, 11) is 1.60. The highest BCUT2D eigenvalue weighted by Crippen LogP contribution is 2.38. The molecule has 27 heavy (non-hydrogen) atoms. The number of aryl methyl sites for hydroxylation is 1. The Morgan fingerprint density at radius 1 is 1.19 bits per heavy atom. The van der Waals surface area contributed by atoms with E-state index < -0.39 is 0 Å². The van der Waals surface area contributed by atoms with Crippen LogP contribution in [-0.2, 0) is 28.8 Å². The molecule has 144 valence electrons. The van der Waals surface area contributed by atoms with Crippen molar-refractivity contribution in [2.75, 3.05) is 25.6 Å². The molecule has 0 saturated heterocycles. The van der Waals surface area contributed by atoms with Gasteiger partial charge in [-0.15, -0.1) is 11.3 Å². The number of hydrogen-bond donors (Lipinski definition) is 2. The molecule has 1 heterocycles. The second-order valence-electron chi connectivity index (χ2n) is 6.52. The second kappa shape index (κ2) is 9.35. The van der Waals surface area contributed by atoms with E-state index in [2.05, 4.69) is 10.6 Å². The minimum atomic E-state index is -0.145. The molecule has 1 aliphatic rings. The van der Waals surface area contributed by atoms with E-state index in [0.29, 0.717) is 28.7 Å². The highest BCUT2D eigenvalue weighted by molar-refractivity contribution is 7.17. The van der Waals surface area contributed by atoms with E-state index in [4.69, 9.17) is 16.3 Å². The number of thiophene rings is 1. The van der Waals surface area contributed by atoms with Gasteiger partial charge in [-0.3, -0.25) is 9.59 Å². The average Bonchev–Trinajstić information content (AvgIpc) is 3.01. The van der Waals surface area contributed by atoms with Crippen LogP contribution >= 0.6 is 22.9 Å². The number of anilines is 1. The molecule has 2 N–H and O–H groups in total. The van der Waals surface area contributed by atoms with Crippen LogP contribution in [0.15, 0.2) is 24.3 Å². The average molecular weight is 407 g/mol. The number of methoxy groups -OCH3 is 1. The van der Waals surface area contributed by atoms with Crippen molar-refractivity contribution in [2.24, 2.45) is 0 Å². The fourth-order valence-electron chi connectivity index (χ4n) is 3.21. The summed E-state index contributed by atoms with van der Waals surface area (Å²) in [5.74, 6) is -0.282. The van der Waals surface area contributed by atoms with Gasteiger partial charge in [-0.2, -0.15) is 0 Å². The third kappa shape index (κ3) is 5.09. The molecule has 3 rings (SSSR count). The Hall–Kier alpha value is -1.89. The van der Waals surface area contributed by atoms with Crippen molar-refractivity contribution >= 4 is 39.8 Å². The predicted octanol–water partition coefficient (Wildman–Crippen LogP) is 3.84. The molecule has 1 aromatic heterocycles. The van der Waals surface area contributed by atoms with E-state index in [1.807, 2.05) is 12.1 Å². The van der Waals surface area contributed by atoms with Gasteiger partial charge < -0.3 is 15.4 Å². The molecule has 0 radical (unpaired) electrons. The van der Waals surface area contributed by atoms with E-state index in [0.717, 1.165) is 36.8 Å². The molecule has 1 aromatic carbocycles. The van der Waals surface area contributed by atoms with E-state index in [1.165, 1.54) is 16.2 Å². The smallest absolute Gasteiger partial charge is 0.254 e. The molecule has 2 amide bonds. The van der Waals surface area contributed by atoms with Crippen molar-refractivity contribution in [3.8, 4) is 0 Å². The first kappa shape index (κ1) is 19.9. The van der Waals surface area contributed by atoms with E-state index in [9.17, 15) is 9.59 Å². The Bertz CT molecular complexity index is 817. The van der Waals surface area contributed by atoms with Crippen LogP contribution in [0.2, 0.25) is 5.02 Å². The molecule has 5 nitrogen and oxygen atoms in total. The first-order chi connectivity index (χ1) is 13.1. The molecule has 7 heteroatoms. The van der Waals surface area contributed by atoms with Crippen molar-refractivity contribution in [3.63, 3.8) is 0 Å². The van der Waals surface area contributed by atoms with Gasteiger partial charge in [-0.05, 0) is 48.9 Å². The number of carbonyl (C=O) groups is 2. The summed E-state index contributed by atoms with van der Waals surface area (Å²) < 4.78 is 5.00. The van der Waals surface area contributed by atoms with Crippen LogP contribution in [0.5, 0.6) is 0 Å². The maximum Gasteiger partial charge on any atom is 0.254 e. The van der Waals surface area contributed by atoms with Crippen LogP contribution in [-0.4, -0.2) is 32.1 Å². The van der Waals surface area contributed by atoms with Gasteiger partial charge in [0.2, 0.25) is 5.91 Å². The molecular formula is C20H23ClN2O3S. The lowest BCUT2D eigenvalue weighted by Crippen LogP contribution is -2.28. The lowest BCUT2D eigenvalue weighted by atomic mass is 9.95. The lowest BCUT2D eigenvalue weighted by molar-refractivity contribution is -0.115. The number of rotatable bonds is 7. The maximum atomic E-state index is 12.7. The molecule has 0 bridgehead atoms. The van der Waals surface area contributed by atoms with Crippen LogP contribution in [0.4, 0.5) is 5.00 Å². The van der Waals surface area contributed by atoms with E-state index >= 15 is 0 Å². The van der Waals surface area contributed by atoms with Crippen LogP contribution in [0, 0.1) is 0 Å². The third-order valence-corrected chi connectivity index (χ3v) is 5.98. The van der Waals surface area contributed by atoms with Crippen molar-refractivity contribution in [1.82, 2.24) is 5.32 Å². The van der Waals surface area contributed by atoms with Crippen molar-refractivity contribution in [1.29, 1.82) is 0 Å². The number of nitrogens with one attached hydrogen (secondary N) is 2. The molecule has 2 aromatic rings. The second-order valence-corrected chi connectivity index (χ2v) is 8.06. The van der Waals surface area contributed by atoms with Crippen LogP contribution in [0.3, 0.4) is 0 Å². The summed E-state index contributed by atoms with van der Waals surface area (Å²) >= 11 is 7.42. The minimum Gasteiger partial charge on any atom is -0.383 e. The summed E-state index contributed by atoms with van der Waals surface area (Å²) in [6.45, 7) is 0.897. The quantitative estimate of drug-likeness (QED) is 0.686. The largest absolute Gasteiger partial charge is 0.383 e. The normalized spacial score (nSPS) is 13.1. The molecule has 0 aliphatic heterocycles. The molecule has 0 saturated carbocycles. The topological polar surface area (TPSA) is 67.4 Å². The van der Waals surface area contributed by atoms with Gasteiger partial charge in [-0.1, -0.05) is 23.7 Å². The fraction of sp³-hybridized carbons (Fsp3) is 0.400. The highest BCUT2D eigenvalue weighted by Gasteiger charge is 2.26. The number of benzene rings is 1. The third-order valence-electron chi connectivity index (χ3n) is 4.52. The Kier molecular flexibility index (Phi) is 6.88. The minimum absolute atomic E-state index is 0.137. The van der Waals surface area contributed by atoms with Crippen LogP contribution in [0.1, 0.15) is 39.2 Å². The highest BCUT2D eigenvalue weighted by atomic mass is 35.5. The number of hydrogen-bond acceptors (Lipinski definition) is 4. The van der Waals surface area contributed by atoms with Crippen LogP contribution in [0.25, 0.3) is 0 Å². The maximum absolute atomic E-state index is 12.7. The molecule has 0 atom stereocenters. The van der Waals surface area contributed by atoms with Gasteiger partial charge >= 0.3 is 0 Å². The molecular weight excluding hydrogens is 384 g/mol. The van der Waals surface area contributed by atoms with Crippen LogP contribution < -0.4 is 10.6 Å². The Morgan fingerprint density at radius 2 is 1.93 bits per heavy atom. The lowest BCUT2D eigenvalue weighted by Gasteiger charge is -2.13. The zero-order valence-electron chi connectivity index (χ0n) is 15.3. The Morgan fingerprint density at radius 3 is 2.67 bits per heavy atom. The van der Waals surface area contributed by atoms with Gasteiger partial charge in [0, 0.05) is 23.6 Å². The molecule has 0 spiro atoms. The fourth-order valence-corrected chi connectivity index (χ4v) is 4.64. The zero-order chi connectivity index (χ0) is 19.2. The number of ether oxygens (including phenoxy) is 1. The summed E-state index contributed by atoms with van der Waals surface area (Å²) in [5.41, 5.74) is 2.59. The zero-order valence-corrected chi connectivity index (χ0v) is 16.8. The molecule has 0 fully saturated rings. The first-order valence-corrected chi connectivity index (χ1v) is 10.2. The summed E-state index contributed by atoms with van der Waals surface area (Å²) in [5, 5.41) is 7.13. The summed E-state index contributed by atoms with van der Waals surface area (Å²) in [6.07, 6.45) is 4.28. The number of halogens is 1. The van der Waals surface area contributed by atoms with Gasteiger partial charge in [0.25, 0.3) is 5.91 Å². The SMILES string of the molecule is COCCNC(=O)c1c(NC(=O)Cc2ccc(Cl)cc2)sc2c1CCCC2. The summed E-state index contributed by atoms with van der Waals surface area (Å²) in [6, 6.07) is 7.20. The first-order valence-electron chi connectivity index (χ1n) is 9.04. The summed E-state index contributed by atoms with van der Waals surface area (Å²) in [4.78, 5) is 26.5. The van der Waals surface area contributed by atoms with Gasteiger partial charge in [-0.25, -0.2) is 0 Å². The van der Waals surface area contributed by atoms with Gasteiger partial charge in [0.1, 0.15) is 5.00 Å². The van der Waals surface area contributed by atoms with Crippen molar-refractivity contribution in [2.45, 2.75) is 32.1 Å². The molecule has 1 aliphatic carbocycles. The molecule has 0 unspecified atom stereocenters. The predicted molar refractivity (Wildman–Crippen MR) is 109 cm³/mol. The number of fused-ring (bicyclic) bond motifs is 1. The number of amides is 2. The van der Waals surface area contributed by atoms with Crippen molar-refractivity contribution in [3.05, 3.63) is 50.9 Å². The Labute approximate surface area is 168 Å². The van der Waals surface area contributed by atoms with E-state index in [1.54, 1.807) is 19.2 Å². The van der Waals surface area contributed by atoms with Crippen molar-refractivity contribution < 1.29 is 14.3 Å². The monoisotopic (exact) mass is 406 g/mol.